The van der Waals surface area contributed by atoms with Crippen LogP contribution >= 0.6 is 0 Å². The van der Waals surface area contributed by atoms with Crippen LogP contribution in [0.1, 0.15) is 45.3 Å². The molecular formula is C20H28N4O2. The number of amides is 1. The van der Waals surface area contributed by atoms with Gasteiger partial charge in [-0.2, -0.15) is 5.10 Å². The average molecular weight is 356 g/mol. The van der Waals surface area contributed by atoms with E-state index in [4.69, 9.17) is 0 Å². The second-order valence-electron chi connectivity index (χ2n) is 7.24. The van der Waals surface area contributed by atoms with Crippen LogP contribution in [-0.4, -0.2) is 46.3 Å². The topological polar surface area (TPSA) is 67.2 Å². The second-order valence-corrected chi connectivity index (χ2v) is 7.24. The highest BCUT2D eigenvalue weighted by Crippen LogP contribution is 2.17. The molecule has 1 atom stereocenters. The zero-order valence-electron chi connectivity index (χ0n) is 15.9. The SMILES string of the molecule is CCN1CCC[C@H]1CNC(=O)Cc1nn(C(C)C)c(=O)c2ccccc12. The maximum Gasteiger partial charge on any atom is 0.274 e. The molecule has 2 heterocycles. The number of nitrogens with one attached hydrogen (secondary N) is 1. The van der Waals surface area contributed by atoms with Gasteiger partial charge in [-0.1, -0.05) is 25.1 Å². The maximum absolute atomic E-state index is 12.6. The van der Waals surface area contributed by atoms with Gasteiger partial charge >= 0.3 is 0 Å². The van der Waals surface area contributed by atoms with Crippen molar-refractivity contribution in [2.24, 2.45) is 0 Å². The van der Waals surface area contributed by atoms with Crippen molar-refractivity contribution in [2.45, 2.75) is 52.1 Å². The van der Waals surface area contributed by atoms with Crippen molar-refractivity contribution >= 4 is 16.7 Å². The summed E-state index contributed by atoms with van der Waals surface area (Å²) in [7, 11) is 0. The molecular weight excluding hydrogens is 328 g/mol. The van der Waals surface area contributed by atoms with Crippen LogP contribution in [0, 0.1) is 0 Å². The number of hydrogen-bond donors (Lipinski definition) is 1. The fourth-order valence-electron chi connectivity index (χ4n) is 3.74. The number of hydrogen-bond acceptors (Lipinski definition) is 4. The first-order chi connectivity index (χ1) is 12.5. The standard InChI is InChI=1S/C20H28N4O2/c1-4-23-11-7-8-15(23)13-21-19(25)12-18-16-9-5-6-10-17(16)20(26)24(22-18)14(2)3/h5-6,9-10,14-15H,4,7-8,11-13H2,1-3H3,(H,21,25)/t15-/m0/s1. The molecule has 0 unspecified atom stereocenters. The molecule has 1 N–H and O–H groups in total. The van der Waals surface area contributed by atoms with E-state index in [0.717, 1.165) is 24.9 Å². The minimum absolute atomic E-state index is 0.0421. The maximum atomic E-state index is 12.6. The highest BCUT2D eigenvalue weighted by Gasteiger charge is 2.23. The summed E-state index contributed by atoms with van der Waals surface area (Å²) in [6.07, 6.45) is 2.51. The van der Waals surface area contributed by atoms with Crippen LogP contribution in [0.4, 0.5) is 0 Å². The Morgan fingerprint density at radius 1 is 1.31 bits per heavy atom. The monoisotopic (exact) mass is 356 g/mol. The summed E-state index contributed by atoms with van der Waals surface area (Å²) in [6.45, 7) is 8.81. The van der Waals surface area contributed by atoms with E-state index in [1.165, 1.54) is 11.1 Å². The summed E-state index contributed by atoms with van der Waals surface area (Å²) < 4.78 is 1.47. The predicted molar refractivity (Wildman–Crippen MR) is 103 cm³/mol. The molecule has 1 aromatic heterocycles. The van der Waals surface area contributed by atoms with Gasteiger partial charge in [-0.3, -0.25) is 14.5 Å². The van der Waals surface area contributed by atoms with Crippen molar-refractivity contribution < 1.29 is 4.79 Å². The van der Waals surface area contributed by atoms with Crippen molar-refractivity contribution in [2.75, 3.05) is 19.6 Å². The third kappa shape index (κ3) is 3.80. The Balaban J connectivity index is 1.78. The minimum atomic E-state index is -0.107. The summed E-state index contributed by atoms with van der Waals surface area (Å²) in [6, 6.07) is 7.77. The van der Waals surface area contributed by atoms with E-state index in [9.17, 15) is 9.59 Å². The molecule has 0 aliphatic carbocycles. The molecule has 2 aromatic rings. The number of carbonyl (C=O) groups excluding carboxylic acids is 1. The van der Waals surface area contributed by atoms with Gasteiger partial charge < -0.3 is 5.32 Å². The number of carbonyl (C=O) groups is 1. The average Bonchev–Trinajstić information content (AvgIpc) is 3.09. The molecule has 6 heteroatoms. The van der Waals surface area contributed by atoms with Gasteiger partial charge in [0, 0.05) is 18.0 Å². The lowest BCUT2D eigenvalue weighted by molar-refractivity contribution is -0.120. The minimum Gasteiger partial charge on any atom is -0.354 e. The largest absolute Gasteiger partial charge is 0.354 e. The summed E-state index contributed by atoms with van der Waals surface area (Å²) >= 11 is 0. The molecule has 0 spiro atoms. The predicted octanol–water partition coefficient (Wildman–Crippen LogP) is 2.12. The quantitative estimate of drug-likeness (QED) is 0.861. The molecule has 1 aliphatic rings. The number of rotatable bonds is 6. The van der Waals surface area contributed by atoms with Crippen molar-refractivity contribution in [1.29, 1.82) is 0 Å². The lowest BCUT2D eigenvalue weighted by Gasteiger charge is -2.23. The van der Waals surface area contributed by atoms with Crippen LogP contribution in [0.2, 0.25) is 0 Å². The Kier molecular flexibility index (Phi) is 5.71. The first kappa shape index (κ1) is 18.6. The smallest absolute Gasteiger partial charge is 0.274 e. The first-order valence-corrected chi connectivity index (χ1v) is 9.52. The van der Waals surface area contributed by atoms with Crippen molar-refractivity contribution in [1.82, 2.24) is 20.0 Å². The summed E-state index contributed by atoms with van der Waals surface area (Å²) in [5.41, 5.74) is 0.550. The fraction of sp³-hybridized carbons (Fsp3) is 0.550. The van der Waals surface area contributed by atoms with Crippen LogP contribution < -0.4 is 10.9 Å². The molecule has 1 amide bonds. The van der Waals surface area contributed by atoms with Gasteiger partial charge in [0.2, 0.25) is 5.91 Å². The van der Waals surface area contributed by atoms with Crippen molar-refractivity contribution in [3.63, 3.8) is 0 Å². The second kappa shape index (κ2) is 7.99. The van der Waals surface area contributed by atoms with E-state index in [1.807, 2.05) is 32.0 Å². The normalized spacial score (nSPS) is 17.9. The van der Waals surface area contributed by atoms with Gasteiger partial charge in [0.25, 0.3) is 5.56 Å². The zero-order chi connectivity index (χ0) is 18.7. The highest BCUT2D eigenvalue weighted by atomic mass is 16.1. The lowest BCUT2D eigenvalue weighted by atomic mass is 10.1. The van der Waals surface area contributed by atoms with Crippen molar-refractivity contribution in [3.8, 4) is 0 Å². The Hall–Kier alpha value is -2.21. The van der Waals surface area contributed by atoms with Gasteiger partial charge in [-0.05, 0) is 45.8 Å². The first-order valence-electron chi connectivity index (χ1n) is 9.52. The van der Waals surface area contributed by atoms with E-state index in [-0.39, 0.29) is 23.9 Å². The molecule has 1 aromatic carbocycles. The Morgan fingerprint density at radius 2 is 2.04 bits per heavy atom. The Morgan fingerprint density at radius 3 is 2.73 bits per heavy atom. The number of aromatic nitrogens is 2. The van der Waals surface area contributed by atoms with Gasteiger partial charge in [0.15, 0.2) is 0 Å². The molecule has 1 aliphatic heterocycles. The molecule has 6 nitrogen and oxygen atoms in total. The number of fused-ring (bicyclic) bond motifs is 1. The Labute approximate surface area is 154 Å². The van der Waals surface area contributed by atoms with E-state index >= 15 is 0 Å². The number of nitrogens with zero attached hydrogens (tertiary/aromatic N) is 3. The van der Waals surface area contributed by atoms with Gasteiger partial charge in [-0.25, -0.2) is 4.68 Å². The number of benzene rings is 1. The molecule has 26 heavy (non-hydrogen) atoms. The van der Waals surface area contributed by atoms with Gasteiger partial charge in [0.1, 0.15) is 0 Å². The molecule has 1 saturated heterocycles. The van der Waals surface area contributed by atoms with Gasteiger partial charge in [0.05, 0.1) is 23.5 Å². The Bertz CT molecular complexity index is 843. The molecule has 0 saturated carbocycles. The van der Waals surface area contributed by atoms with Crippen LogP contribution in [0.5, 0.6) is 0 Å². The van der Waals surface area contributed by atoms with Gasteiger partial charge in [-0.15, -0.1) is 0 Å². The number of likely N-dealkylation sites (N-methyl/N-ethyl adjacent to an activating group) is 1. The molecule has 140 valence electrons. The summed E-state index contributed by atoms with van der Waals surface area (Å²) in [4.78, 5) is 27.5. The highest BCUT2D eigenvalue weighted by molar-refractivity contribution is 5.88. The molecule has 1 fully saturated rings. The van der Waals surface area contributed by atoms with Crippen LogP contribution in [0.15, 0.2) is 29.1 Å². The fourth-order valence-corrected chi connectivity index (χ4v) is 3.74. The molecule has 3 rings (SSSR count). The number of likely N-dealkylation sites (tertiary alicyclic amines) is 1. The third-order valence-corrected chi connectivity index (χ3v) is 5.16. The van der Waals surface area contributed by atoms with E-state index < -0.39 is 0 Å². The zero-order valence-corrected chi connectivity index (χ0v) is 15.9. The van der Waals surface area contributed by atoms with E-state index in [1.54, 1.807) is 6.07 Å². The molecule has 0 radical (unpaired) electrons. The van der Waals surface area contributed by atoms with E-state index in [0.29, 0.717) is 23.7 Å². The van der Waals surface area contributed by atoms with Crippen LogP contribution in [0.25, 0.3) is 10.8 Å². The summed E-state index contributed by atoms with van der Waals surface area (Å²) in [5.74, 6) is -0.0421. The van der Waals surface area contributed by atoms with Crippen LogP contribution in [0.3, 0.4) is 0 Å². The van der Waals surface area contributed by atoms with E-state index in [2.05, 4.69) is 22.2 Å². The lowest BCUT2D eigenvalue weighted by Crippen LogP contribution is -2.40. The van der Waals surface area contributed by atoms with Crippen LogP contribution in [-0.2, 0) is 11.2 Å². The summed E-state index contributed by atoms with van der Waals surface area (Å²) in [5, 5.41) is 8.92. The third-order valence-electron chi connectivity index (χ3n) is 5.16. The molecule has 0 bridgehead atoms. The van der Waals surface area contributed by atoms with Crippen molar-refractivity contribution in [3.05, 3.63) is 40.3 Å².